The van der Waals surface area contributed by atoms with Gasteiger partial charge in [0.2, 0.25) is 15.9 Å². The van der Waals surface area contributed by atoms with Crippen LogP contribution < -0.4 is 9.46 Å². The van der Waals surface area contributed by atoms with Gasteiger partial charge in [0, 0.05) is 7.11 Å². The summed E-state index contributed by atoms with van der Waals surface area (Å²) in [7, 11) is -2.05. The van der Waals surface area contributed by atoms with Crippen molar-refractivity contribution in [3.63, 3.8) is 0 Å². The van der Waals surface area contributed by atoms with Crippen molar-refractivity contribution in [2.45, 2.75) is 25.3 Å². The van der Waals surface area contributed by atoms with Crippen molar-refractivity contribution in [1.29, 1.82) is 0 Å². The van der Waals surface area contributed by atoms with Gasteiger partial charge >= 0.3 is 0 Å². The van der Waals surface area contributed by atoms with E-state index in [-0.39, 0.29) is 11.4 Å². The van der Waals surface area contributed by atoms with Crippen LogP contribution in [0.3, 0.4) is 0 Å². The predicted molar refractivity (Wildman–Crippen MR) is 83.8 cm³/mol. The van der Waals surface area contributed by atoms with E-state index in [1.54, 1.807) is 33.1 Å². The second-order valence-corrected chi connectivity index (χ2v) is 6.65. The zero-order valence-corrected chi connectivity index (χ0v) is 14.1. The molecule has 0 spiro atoms. The van der Waals surface area contributed by atoms with Gasteiger partial charge in [0.1, 0.15) is 18.1 Å². The van der Waals surface area contributed by atoms with Gasteiger partial charge in [0.25, 0.3) is 0 Å². The molecular weight excluding hydrogens is 320 g/mol. The number of rotatable bonds is 8. The van der Waals surface area contributed by atoms with Crippen molar-refractivity contribution in [3.05, 3.63) is 41.6 Å². The van der Waals surface area contributed by atoms with E-state index in [0.29, 0.717) is 30.6 Å². The van der Waals surface area contributed by atoms with Gasteiger partial charge in [-0.2, -0.15) is 0 Å². The molecule has 0 unspecified atom stereocenters. The van der Waals surface area contributed by atoms with Gasteiger partial charge in [0.15, 0.2) is 0 Å². The molecule has 0 atom stereocenters. The van der Waals surface area contributed by atoms with Crippen molar-refractivity contribution < 1.29 is 22.3 Å². The van der Waals surface area contributed by atoms with Crippen molar-refractivity contribution in [3.8, 4) is 5.75 Å². The topological polar surface area (TPSA) is 90.7 Å². The standard InChI is InChI=1S/C15H20N2O5S/c1-11-12(2)22-15(17-11)10-16-23(18,19)14-6-4-13(5-7-14)21-9-8-20-3/h4-7,16H,8-10H2,1-3H3. The maximum Gasteiger partial charge on any atom is 0.241 e. The minimum atomic E-state index is -3.63. The summed E-state index contributed by atoms with van der Waals surface area (Å²) >= 11 is 0. The highest BCUT2D eigenvalue weighted by Gasteiger charge is 2.15. The first-order chi connectivity index (χ1) is 10.9. The highest BCUT2D eigenvalue weighted by atomic mass is 32.2. The summed E-state index contributed by atoms with van der Waals surface area (Å²) in [6, 6.07) is 6.17. The Labute approximate surface area is 135 Å². The largest absolute Gasteiger partial charge is 0.491 e. The number of methoxy groups -OCH3 is 1. The van der Waals surface area contributed by atoms with E-state index in [2.05, 4.69) is 9.71 Å². The van der Waals surface area contributed by atoms with Crippen LogP contribution in [0.5, 0.6) is 5.75 Å². The van der Waals surface area contributed by atoms with Crippen molar-refractivity contribution in [1.82, 2.24) is 9.71 Å². The molecule has 7 nitrogen and oxygen atoms in total. The summed E-state index contributed by atoms with van der Waals surface area (Å²) < 4.78 is 42.5. The molecule has 0 amide bonds. The highest BCUT2D eigenvalue weighted by molar-refractivity contribution is 7.89. The van der Waals surface area contributed by atoms with Crippen LogP contribution in [0.15, 0.2) is 33.6 Å². The summed E-state index contributed by atoms with van der Waals surface area (Å²) in [4.78, 5) is 4.29. The Morgan fingerprint density at radius 1 is 1.17 bits per heavy atom. The van der Waals surface area contributed by atoms with Gasteiger partial charge in [-0.1, -0.05) is 0 Å². The van der Waals surface area contributed by atoms with Gasteiger partial charge in [0.05, 0.1) is 23.7 Å². The number of aromatic nitrogens is 1. The fraction of sp³-hybridized carbons (Fsp3) is 0.400. The van der Waals surface area contributed by atoms with Crippen LogP contribution in [0, 0.1) is 13.8 Å². The molecule has 2 rings (SSSR count). The first kappa shape index (κ1) is 17.5. The van der Waals surface area contributed by atoms with Crippen LogP contribution in [0.2, 0.25) is 0 Å². The highest BCUT2D eigenvalue weighted by Crippen LogP contribution is 2.16. The predicted octanol–water partition coefficient (Wildman–Crippen LogP) is 1.80. The third kappa shape index (κ3) is 4.78. The lowest BCUT2D eigenvalue weighted by Gasteiger charge is -2.08. The van der Waals surface area contributed by atoms with E-state index in [9.17, 15) is 8.42 Å². The number of aryl methyl sites for hydroxylation is 2. The molecule has 8 heteroatoms. The summed E-state index contributed by atoms with van der Waals surface area (Å²) in [5, 5.41) is 0. The minimum Gasteiger partial charge on any atom is -0.491 e. The monoisotopic (exact) mass is 340 g/mol. The Bertz CT molecular complexity index is 718. The first-order valence-electron chi connectivity index (χ1n) is 7.07. The molecule has 0 saturated carbocycles. The molecule has 0 aliphatic rings. The van der Waals surface area contributed by atoms with Crippen LogP contribution >= 0.6 is 0 Å². The number of nitrogens with one attached hydrogen (secondary N) is 1. The normalized spacial score (nSPS) is 11.6. The van der Waals surface area contributed by atoms with Crippen LogP contribution in [0.1, 0.15) is 17.3 Å². The molecule has 0 saturated heterocycles. The summed E-state index contributed by atoms with van der Waals surface area (Å²) in [5.41, 5.74) is 0.747. The maximum atomic E-state index is 12.2. The Balaban J connectivity index is 1.98. The van der Waals surface area contributed by atoms with E-state index in [4.69, 9.17) is 13.9 Å². The molecule has 1 N–H and O–H groups in total. The average molecular weight is 340 g/mol. The fourth-order valence-electron chi connectivity index (χ4n) is 1.81. The number of nitrogens with zero attached hydrogens (tertiary/aromatic N) is 1. The van der Waals surface area contributed by atoms with E-state index in [1.807, 2.05) is 0 Å². The van der Waals surface area contributed by atoms with Gasteiger partial charge in [-0.25, -0.2) is 18.1 Å². The van der Waals surface area contributed by atoms with E-state index >= 15 is 0 Å². The molecule has 0 bridgehead atoms. The summed E-state index contributed by atoms with van der Waals surface area (Å²) in [6.45, 7) is 4.46. The number of oxazole rings is 1. The third-order valence-corrected chi connectivity index (χ3v) is 4.59. The molecule has 0 aliphatic carbocycles. The molecule has 23 heavy (non-hydrogen) atoms. The van der Waals surface area contributed by atoms with Crippen molar-refractivity contribution in [2.24, 2.45) is 0 Å². The number of ether oxygens (including phenoxy) is 2. The lowest BCUT2D eigenvalue weighted by Crippen LogP contribution is -2.23. The molecule has 1 aromatic heterocycles. The van der Waals surface area contributed by atoms with E-state index < -0.39 is 10.0 Å². The van der Waals surface area contributed by atoms with Crippen LogP contribution in [0.4, 0.5) is 0 Å². The van der Waals surface area contributed by atoms with Crippen LogP contribution in [-0.4, -0.2) is 33.7 Å². The Hall–Kier alpha value is -1.90. The van der Waals surface area contributed by atoms with Crippen molar-refractivity contribution in [2.75, 3.05) is 20.3 Å². The molecule has 1 aromatic carbocycles. The average Bonchev–Trinajstić information content (AvgIpc) is 2.85. The van der Waals surface area contributed by atoms with Gasteiger partial charge in [-0.15, -0.1) is 0 Å². The fourth-order valence-corrected chi connectivity index (χ4v) is 2.79. The molecule has 126 valence electrons. The second-order valence-electron chi connectivity index (χ2n) is 4.89. The quantitative estimate of drug-likeness (QED) is 0.737. The molecule has 0 radical (unpaired) electrons. The minimum absolute atomic E-state index is 0.00308. The second kappa shape index (κ2) is 7.58. The van der Waals surface area contributed by atoms with Gasteiger partial charge in [-0.3, -0.25) is 0 Å². The number of benzene rings is 1. The Morgan fingerprint density at radius 2 is 1.87 bits per heavy atom. The smallest absolute Gasteiger partial charge is 0.241 e. The molecule has 0 fully saturated rings. The van der Waals surface area contributed by atoms with Gasteiger partial charge in [-0.05, 0) is 38.1 Å². The lowest BCUT2D eigenvalue weighted by atomic mass is 10.3. The summed E-state index contributed by atoms with van der Waals surface area (Å²) in [5.74, 6) is 1.60. The summed E-state index contributed by atoms with van der Waals surface area (Å²) in [6.07, 6.45) is 0. The van der Waals surface area contributed by atoms with E-state index in [1.165, 1.54) is 12.1 Å². The number of hydrogen-bond donors (Lipinski definition) is 1. The van der Waals surface area contributed by atoms with Crippen LogP contribution in [-0.2, 0) is 21.3 Å². The van der Waals surface area contributed by atoms with Crippen molar-refractivity contribution >= 4 is 10.0 Å². The first-order valence-corrected chi connectivity index (χ1v) is 8.55. The molecule has 1 heterocycles. The molecule has 2 aromatic rings. The Morgan fingerprint density at radius 3 is 2.43 bits per heavy atom. The molecular formula is C15H20N2O5S. The lowest BCUT2D eigenvalue weighted by molar-refractivity contribution is 0.146. The Kier molecular flexibility index (Phi) is 5.75. The SMILES string of the molecule is COCCOc1ccc(S(=O)(=O)NCc2nc(C)c(C)o2)cc1. The van der Waals surface area contributed by atoms with Gasteiger partial charge < -0.3 is 13.9 Å². The molecule has 0 aliphatic heterocycles. The zero-order valence-electron chi connectivity index (χ0n) is 13.3. The van der Waals surface area contributed by atoms with Crippen LogP contribution in [0.25, 0.3) is 0 Å². The van der Waals surface area contributed by atoms with E-state index in [0.717, 1.165) is 5.69 Å². The maximum absolute atomic E-state index is 12.2. The zero-order chi connectivity index (χ0) is 16.9. The number of hydrogen-bond acceptors (Lipinski definition) is 6. The number of sulfonamides is 1. The third-order valence-electron chi connectivity index (χ3n) is 3.18.